The fourth-order valence-corrected chi connectivity index (χ4v) is 1.99. The Hall–Kier alpha value is -2.08. The highest BCUT2D eigenvalue weighted by atomic mass is 16.6. The van der Waals surface area contributed by atoms with Crippen molar-refractivity contribution in [1.82, 2.24) is 0 Å². The van der Waals surface area contributed by atoms with E-state index >= 15 is 0 Å². The van der Waals surface area contributed by atoms with Gasteiger partial charge in [-0.05, 0) is 11.6 Å². The van der Waals surface area contributed by atoms with Crippen molar-refractivity contribution >= 4 is 12.3 Å². The van der Waals surface area contributed by atoms with E-state index in [0.29, 0.717) is 11.8 Å². The van der Waals surface area contributed by atoms with E-state index in [1.165, 1.54) is 20.3 Å². The number of ether oxygens (including phenoxy) is 3. The maximum Gasteiger partial charge on any atom is 0.340 e. The molecule has 0 saturated heterocycles. The number of esters is 1. The molecule has 1 N–H and O–H groups in total. The average Bonchev–Trinajstić information content (AvgIpc) is 2.36. The first-order valence-electron chi connectivity index (χ1n) is 5.24. The molecule has 18 heavy (non-hydrogen) atoms. The lowest BCUT2D eigenvalue weighted by atomic mass is 9.95. The van der Waals surface area contributed by atoms with Gasteiger partial charge in [0, 0.05) is 6.42 Å². The molecule has 1 aromatic rings. The summed E-state index contributed by atoms with van der Waals surface area (Å²) in [7, 11) is 2.80. The van der Waals surface area contributed by atoms with Gasteiger partial charge in [0.05, 0.1) is 25.3 Å². The summed E-state index contributed by atoms with van der Waals surface area (Å²) in [6.45, 7) is 0. The van der Waals surface area contributed by atoms with Gasteiger partial charge in [0.2, 0.25) is 6.29 Å². The predicted molar refractivity (Wildman–Crippen MR) is 60.1 cm³/mol. The van der Waals surface area contributed by atoms with Crippen molar-refractivity contribution in [2.24, 2.45) is 0 Å². The van der Waals surface area contributed by atoms with Gasteiger partial charge in [-0.15, -0.1) is 0 Å². The van der Waals surface area contributed by atoms with Crippen LogP contribution in [-0.4, -0.2) is 37.9 Å². The predicted octanol–water partition coefficient (Wildman–Crippen LogP) is 0.548. The Morgan fingerprint density at radius 3 is 2.72 bits per heavy atom. The van der Waals surface area contributed by atoms with Gasteiger partial charge in [-0.25, -0.2) is 4.79 Å². The van der Waals surface area contributed by atoms with Gasteiger partial charge in [0.1, 0.15) is 0 Å². The number of carbonyl (C=O) groups is 2. The molecule has 1 aliphatic rings. The van der Waals surface area contributed by atoms with Crippen LogP contribution in [-0.2, 0) is 11.2 Å². The molecule has 6 heteroatoms. The molecule has 2 rings (SSSR count). The Labute approximate surface area is 103 Å². The number of aldehydes is 1. The quantitative estimate of drug-likeness (QED) is 0.624. The van der Waals surface area contributed by atoms with E-state index in [1.807, 2.05) is 0 Å². The Bertz CT molecular complexity index is 508. The van der Waals surface area contributed by atoms with Gasteiger partial charge in [-0.3, -0.25) is 4.79 Å². The third-order valence-electron chi connectivity index (χ3n) is 2.78. The molecular weight excluding hydrogens is 240 g/mol. The lowest BCUT2D eigenvalue weighted by Crippen LogP contribution is -2.28. The van der Waals surface area contributed by atoms with E-state index in [-0.39, 0.29) is 29.0 Å². The molecule has 0 bridgehead atoms. The Morgan fingerprint density at radius 2 is 2.17 bits per heavy atom. The first kappa shape index (κ1) is 12.4. The molecule has 0 spiro atoms. The Morgan fingerprint density at radius 1 is 1.44 bits per heavy atom. The minimum atomic E-state index is -1.25. The minimum Gasteiger partial charge on any atom is -0.493 e. The highest BCUT2D eigenvalue weighted by Crippen LogP contribution is 2.37. The fourth-order valence-electron chi connectivity index (χ4n) is 1.99. The first-order valence-corrected chi connectivity index (χ1v) is 5.24. The molecule has 0 aliphatic carbocycles. The standard InChI is InChI=1S/C12H12O6/c1-16-9-3-7-6(4-10(14)18-12(7)15)8(5-13)11(9)17-2/h3,5,10,14H,4H2,1-2H3. The molecule has 1 unspecified atom stereocenters. The summed E-state index contributed by atoms with van der Waals surface area (Å²) in [6.07, 6.45) is -0.622. The molecular formula is C12H12O6. The van der Waals surface area contributed by atoms with E-state index in [4.69, 9.17) is 9.47 Å². The first-order chi connectivity index (χ1) is 8.62. The zero-order chi connectivity index (χ0) is 13.3. The average molecular weight is 252 g/mol. The van der Waals surface area contributed by atoms with Crippen LogP contribution in [0.25, 0.3) is 0 Å². The van der Waals surface area contributed by atoms with E-state index in [0.717, 1.165) is 0 Å². The van der Waals surface area contributed by atoms with Crippen LogP contribution >= 0.6 is 0 Å². The smallest absolute Gasteiger partial charge is 0.340 e. The van der Waals surface area contributed by atoms with E-state index in [1.54, 1.807) is 0 Å². The van der Waals surface area contributed by atoms with Crippen molar-refractivity contribution in [3.8, 4) is 11.5 Å². The molecule has 0 radical (unpaired) electrons. The normalized spacial score (nSPS) is 17.7. The number of cyclic esters (lactones) is 1. The van der Waals surface area contributed by atoms with Crippen LogP contribution in [0.15, 0.2) is 6.07 Å². The molecule has 1 heterocycles. The zero-order valence-electron chi connectivity index (χ0n) is 9.93. The second kappa shape index (κ2) is 4.66. The van der Waals surface area contributed by atoms with E-state index in [9.17, 15) is 14.7 Å². The van der Waals surface area contributed by atoms with Gasteiger partial charge < -0.3 is 19.3 Å². The maximum atomic E-state index is 11.6. The van der Waals surface area contributed by atoms with Crippen molar-refractivity contribution < 1.29 is 28.9 Å². The molecule has 1 atom stereocenters. The van der Waals surface area contributed by atoms with Gasteiger partial charge in [-0.2, -0.15) is 0 Å². The van der Waals surface area contributed by atoms with Crippen LogP contribution in [0, 0.1) is 0 Å². The van der Waals surface area contributed by atoms with Crippen molar-refractivity contribution in [3.05, 3.63) is 22.8 Å². The van der Waals surface area contributed by atoms with Gasteiger partial charge in [0.25, 0.3) is 0 Å². The number of hydrogen-bond acceptors (Lipinski definition) is 6. The number of methoxy groups -OCH3 is 2. The number of hydrogen-bond donors (Lipinski definition) is 1. The molecule has 6 nitrogen and oxygen atoms in total. The molecule has 0 saturated carbocycles. The molecule has 96 valence electrons. The van der Waals surface area contributed by atoms with E-state index < -0.39 is 12.3 Å². The molecule has 0 amide bonds. The van der Waals surface area contributed by atoms with Crippen molar-refractivity contribution in [3.63, 3.8) is 0 Å². The summed E-state index contributed by atoms with van der Waals surface area (Å²) in [5, 5.41) is 9.41. The summed E-state index contributed by atoms with van der Waals surface area (Å²) >= 11 is 0. The van der Waals surface area contributed by atoms with Crippen molar-refractivity contribution in [2.75, 3.05) is 14.2 Å². The van der Waals surface area contributed by atoms with Crippen LogP contribution in [0.2, 0.25) is 0 Å². The zero-order valence-corrected chi connectivity index (χ0v) is 9.93. The Kier molecular flexibility index (Phi) is 3.20. The van der Waals surface area contributed by atoms with Gasteiger partial charge in [0.15, 0.2) is 17.8 Å². The van der Waals surface area contributed by atoms with Gasteiger partial charge >= 0.3 is 5.97 Å². The minimum absolute atomic E-state index is 0.0511. The van der Waals surface area contributed by atoms with Crippen LogP contribution in [0.3, 0.4) is 0 Å². The number of aliphatic hydroxyl groups excluding tert-OH is 1. The van der Waals surface area contributed by atoms with Crippen LogP contribution in [0.1, 0.15) is 26.3 Å². The summed E-state index contributed by atoms with van der Waals surface area (Å²) in [5.41, 5.74) is 0.814. The fraction of sp³-hybridized carbons (Fsp3) is 0.333. The van der Waals surface area contributed by atoms with Crippen LogP contribution in [0.4, 0.5) is 0 Å². The largest absolute Gasteiger partial charge is 0.493 e. The SMILES string of the molecule is COc1cc2c(c(C=O)c1OC)CC(O)OC2=O. The monoisotopic (exact) mass is 252 g/mol. The number of rotatable bonds is 3. The number of benzene rings is 1. The summed E-state index contributed by atoms with van der Waals surface area (Å²) in [5.74, 6) is -0.173. The number of aliphatic hydroxyl groups is 1. The van der Waals surface area contributed by atoms with E-state index in [2.05, 4.69) is 4.74 Å². The molecule has 1 aliphatic heterocycles. The summed E-state index contributed by atoms with van der Waals surface area (Å²) < 4.78 is 14.9. The third kappa shape index (κ3) is 1.80. The molecule has 0 fully saturated rings. The second-order valence-electron chi connectivity index (χ2n) is 3.73. The summed E-state index contributed by atoms with van der Waals surface area (Å²) in [6, 6.07) is 1.44. The summed E-state index contributed by atoms with van der Waals surface area (Å²) in [4.78, 5) is 22.8. The number of carbonyl (C=O) groups excluding carboxylic acids is 2. The highest BCUT2D eigenvalue weighted by Gasteiger charge is 2.30. The van der Waals surface area contributed by atoms with Crippen LogP contribution < -0.4 is 9.47 Å². The van der Waals surface area contributed by atoms with Gasteiger partial charge in [-0.1, -0.05) is 0 Å². The highest BCUT2D eigenvalue weighted by molar-refractivity contribution is 5.97. The Balaban J connectivity index is 2.72. The lowest BCUT2D eigenvalue weighted by Gasteiger charge is -2.23. The number of fused-ring (bicyclic) bond motifs is 1. The van der Waals surface area contributed by atoms with Crippen LogP contribution in [0.5, 0.6) is 11.5 Å². The van der Waals surface area contributed by atoms with Crippen molar-refractivity contribution in [2.45, 2.75) is 12.7 Å². The van der Waals surface area contributed by atoms with Crippen molar-refractivity contribution in [1.29, 1.82) is 0 Å². The molecule has 1 aromatic carbocycles. The second-order valence-corrected chi connectivity index (χ2v) is 3.73. The maximum absolute atomic E-state index is 11.6. The molecule has 0 aromatic heterocycles. The third-order valence-corrected chi connectivity index (χ3v) is 2.78. The lowest BCUT2D eigenvalue weighted by molar-refractivity contribution is -0.0688. The topological polar surface area (TPSA) is 82.1 Å².